The first-order chi connectivity index (χ1) is 16.0. The third-order valence-corrected chi connectivity index (χ3v) is 6.31. The summed E-state index contributed by atoms with van der Waals surface area (Å²) < 4.78 is 13.3. The van der Waals surface area contributed by atoms with Crippen molar-refractivity contribution < 1.29 is 14.0 Å². The second kappa shape index (κ2) is 9.94. The second-order valence-electron chi connectivity index (χ2n) is 8.41. The molecule has 0 bridgehead atoms. The number of amides is 2. The molecule has 1 N–H and O–H groups in total. The lowest BCUT2D eigenvalue weighted by atomic mass is 9.84. The molecular weight excluding hydrogens is 417 g/mol. The molecule has 4 rings (SSSR count). The zero-order valence-corrected chi connectivity index (χ0v) is 18.8. The first-order valence-corrected chi connectivity index (χ1v) is 11.3. The van der Waals surface area contributed by atoms with Crippen molar-refractivity contribution >= 4 is 11.8 Å². The van der Waals surface area contributed by atoms with E-state index in [0.29, 0.717) is 25.9 Å². The summed E-state index contributed by atoms with van der Waals surface area (Å²) in [5.74, 6) is -0.581. The molecule has 2 heterocycles. The van der Waals surface area contributed by atoms with Crippen molar-refractivity contribution in [1.82, 2.24) is 15.2 Å². The monoisotopic (exact) mass is 445 g/mol. The summed E-state index contributed by atoms with van der Waals surface area (Å²) in [4.78, 5) is 32.7. The number of benzene rings is 2. The Morgan fingerprint density at radius 1 is 1.06 bits per heavy atom. The van der Waals surface area contributed by atoms with Crippen LogP contribution in [-0.4, -0.2) is 40.3 Å². The van der Waals surface area contributed by atoms with E-state index < -0.39 is 5.54 Å². The Kier molecular flexibility index (Phi) is 6.82. The van der Waals surface area contributed by atoms with Crippen LogP contribution in [0.2, 0.25) is 0 Å². The highest BCUT2D eigenvalue weighted by atomic mass is 19.1. The van der Waals surface area contributed by atoms with Gasteiger partial charge in [0.1, 0.15) is 11.4 Å². The van der Waals surface area contributed by atoms with Crippen molar-refractivity contribution in [2.45, 2.75) is 38.1 Å². The minimum absolute atomic E-state index is 0.119. The SMILES string of the molecule is CCNC(=O)C1(Cc2ccccc2-c2ccncc2)CCCN1C(=O)Cc1ccc(F)cc1. The Morgan fingerprint density at radius 2 is 1.79 bits per heavy atom. The lowest BCUT2D eigenvalue weighted by molar-refractivity contribution is -0.144. The third-order valence-electron chi connectivity index (χ3n) is 6.31. The molecule has 1 aliphatic heterocycles. The Morgan fingerprint density at radius 3 is 2.52 bits per heavy atom. The van der Waals surface area contributed by atoms with E-state index in [1.807, 2.05) is 43.3 Å². The predicted molar refractivity (Wildman–Crippen MR) is 126 cm³/mol. The number of carbonyl (C=O) groups excluding carboxylic acids is 2. The van der Waals surface area contributed by atoms with Crippen LogP contribution < -0.4 is 5.32 Å². The lowest BCUT2D eigenvalue weighted by Gasteiger charge is -2.38. The highest BCUT2D eigenvalue weighted by Gasteiger charge is 2.49. The Bertz CT molecular complexity index is 1120. The van der Waals surface area contributed by atoms with Crippen LogP contribution in [-0.2, 0) is 22.4 Å². The molecule has 1 atom stereocenters. The standard InChI is InChI=1S/C27H28FN3O2/c1-2-30-26(33)27(19-22-6-3-4-7-24(22)21-12-15-29-16-13-21)14-5-17-31(27)25(32)18-20-8-10-23(28)11-9-20/h3-4,6-13,15-16H,2,5,14,17-19H2,1H3,(H,30,33). The number of rotatable bonds is 7. The van der Waals surface area contributed by atoms with Crippen molar-refractivity contribution in [3.05, 3.63) is 90.0 Å². The zero-order chi connectivity index (χ0) is 23.3. The number of hydrogen-bond acceptors (Lipinski definition) is 3. The highest BCUT2D eigenvalue weighted by Crippen LogP contribution is 2.36. The number of aromatic nitrogens is 1. The molecule has 1 aliphatic rings. The van der Waals surface area contributed by atoms with E-state index in [2.05, 4.69) is 10.3 Å². The molecule has 0 aliphatic carbocycles. The van der Waals surface area contributed by atoms with Gasteiger partial charge in [0.15, 0.2) is 0 Å². The normalized spacial score (nSPS) is 17.7. The van der Waals surface area contributed by atoms with Gasteiger partial charge in [0.25, 0.3) is 0 Å². The summed E-state index contributed by atoms with van der Waals surface area (Å²) in [6.07, 6.45) is 5.40. The number of hydrogen-bond donors (Lipinski definition) is 1. The summed E-state index contributed by atoms with van der Waals surface area (Å²) in [5, 5.41) is 2.97. The molecule has 170 valence electrons. The van der Waals surface area contributed by atoms with Crippen LogP contribution in [0.15, 0.2) is 73.1 Å². The number of halogens is 1. The quantitative estimate of drug-likeness (QED) is 0.594. The molecule has 1 unspecified atom stereocenters. The van der Waals surface area contributed by atoms with Crippen LogP contribution in [0.3, 0.4) is 0 Å². The van der Waals surface area contributed by atoms with Crippen LogP contribution in [0.4, 0.5) is 4.39 Å². The zero-order valence-electron chi connectivity index (χ0n) is 18.8. The van der Waals surface area contributed by atoms with Gasteiger partial charge in [-0.05, 0) is 66.3 Å². The van der Waals surface area contributed by atoms with Gasteiger partial charge in [0, 0.05) is 31.9 Å². The van der Waals surface area contributed by atoms with Crippen LogP contribution in [0.5, 0.6) is 0 Å². The first kappa shape index (κ1) is 22.6. The van der Waals surface area contributed by atoms with E-state index in [1.165, 1.54) is 12.1 Å². The van der Waals surface area contributed by atoms with E-state index in [4.69, 9.17) is 0 Å². The van der Waals surface area contributed by atoms with Crippen molar-refractivity contribution in [1.29, 1.82) is 0 Å². The maximum atomic E-state index is 13.5. The molecule has 33 heavy (non-hydrogen) atoms. The molecule has 1 fully saturated rings. The third kappa shape index (κ3) is 4.80. The van der Waals surface area contributed by atoms with Crippen LogP contribution in [0.25, 0.3) is 11.1 Å². The lowest BCUT2D eigenvalue weighted by Crippen LogP contribution is -2.59. The average Bonchev–Trinajstić information content (AvgIpc) is 3.26. The minimum Gasteiger partial charge on any atom is -0.354 e. The van der Waals surface area contributed by atoms with Gasteiger partial charge in [-0.1, -0.05) is 36.4 Å². The number of likely N-dealkylation sites (N-methyl/N-ethyl adjacent to an activating group) is 1. The van der Waals surface area contributed by atoms with Crippen LogP contribution in [0, 0.1) is 5.82 Å². The summed E-state index contributed by atoms with van der Waals surface area (Å²) >= 11 is 0. The molecule has 1 saturated heterocycles. The molecule has 6 heteroatoms. The van der Waals surface area contributed by atoms with Gasteiger partial charge in [0.05, 0.1) is 6.42 Å². The van der Waals surface area contributed by atoms with Crippen LogP contribution in [0.1, 0.15) is 30.9 Å². The molecule has 0 spiro atoms. The van der Waals surface area contributed by atoms with E-state index in [-0.39, 0.29) is 24.1 Å². The molecule has 0 radical (unpaired) electrons. The van der Waals surface area contributed by atoms with Crippen molar-refractivity contribution in [2.24, 2.45) is 0 Å². The van der Waals surface area contributed by atoms with E-state index in [9.17, 15) is 14.0 Å². The molecule has 2 amide bonds. The smallest absolute Gasteiger partial charge is 0.246 e. The summed E-state index contributed by atoms with van der Waals surface area (Å²) in [5.41, 5.74) is 2.83. The fraction of sp³-hybridized carbons (Fsp3) is 0.296. The molecule has 2 aromatic carbocycles. The number of carbonyl (C=O) groups is 2. The van der Waals surface area contributed by atoms with Gasteiger partial charge >= 0.3 is 0 Å². The predicted octanol–water partition coefficient (Wildman–Crippen LogP) is 4.17. The Labute approximate surface area is 193 Å². The molecule has 1 aromatic heterocycles. The second-order valence-corrected chi connectivity index (χ2v) is 8.41. The van der Waals surface area contributed by atoms with E-state index >= 15 is 0 Å². The average molecular weight is 446 g/mol. The van der Waals surface area contributed by atoms with E-state index in [1.54, 1.807) is 29.4 Å². The maximum absolute atomic E-state index is 13.5. The van der Waals surface area contributed by atoms with Gasteiger partial charge in [-0.15, -0.1) is 0 Å². The molecular formula is C27H28FN3O2. The van der Waals surface area contributed by atoms with Crippen molar-refractivity contribution in [2.75, 3.05) is 13.1 Å². The fourth-order valence-corrected chi connectivity index (χ4v) is 4.74. The number of likely N-dealkylation sites (tertiary alicyclic amines) is 1. The van der Waals surface area contributed by atoms with E-state index in [0.717, 1.165) is 28.7 Å². The maximum Gasteiger partial charge on any atom is 0.246 e. The number of nitrogens with zero attached hydrogens (tertiary/aromatic N) is 2. The molecule has 0 saturated carbocycles. The Balaban J connectivity index is 1.69. The minimum atomic E-state index is -0.962. The number of nitrogens with one attached hydrogen (secondary N) is 1. The van der Waals surface area contributed by atoms with Crippen molar-refractivity contribution in [3.8, 4) is 11.1 Å². The Hall–Kier alpha value is -3.54. The van der Waals surface area contributed by atoms with Gasteiger partial charge < -0.3 is 10.2 Å². The first-order valence-electron chi connectivity index (χ1n) is 11.3. The molecule has 3 aromatic rings. The van der Waals surface area contributed by atoms with Gasteiger partial charge in [0.2, 0.25) is 11.8 Å². The van der Waals surface area contributed by atoms with Gasteiger partial charge in [-0.2, -0.15) is 0 Å². The summed E-state index contributed by atoms with van der Waals surface area (Å²) in [7, 11) is 0. The number of pyridine rings is 1. The topological polar surface area (TPSA) is 62.3 Å². The summed E-state index contributed by atoms with van der Waals surface area (Å²) in [6, 6.07) is 17.9. The van der Waals surface area contributed by atoms with Crippen LogP contribution >= 0.6 is 0 Å². The van der Waals surface area contributed by atoms with Gasteiger partial charge in [-0.3, -0.25) is 14.6 Å². The molecule has 5 nitrogen and oxygen atoms in total. The summed E-state index contributed by atoms with van der Waals surface area (Å²) in [6.45, 7) is 2.90. The van der Waals surface area contributed by atoms with Crippen molar-refractivity contribution in [3.63, 3.8) is 0 Å². The fourth-order valence-electron chi connectivity index (χ4n) is 4.74. The highest BCUT2D eigenvalue weighted by molar-refractivity contribution is 5.93. The largest absolute Gasteiger partial charge is 0.354 e. The van der Waals surface area contributed by atoms with Gasteiger partial charge in [-0.25, -0.2) is 4.39 Å².